The Bertz CT molecular complexity index is 891. The molecule has 4 heterocycles. The molecule has 2 amide bonds. The fourth-order valence-corrected chi connectivity index (χ4v) is 4.68. The van der Waals surface area contributed by atoms with Gasteiger partial charge in [0, 0.05) is 11.8 Å². The Morgan fingerprint density at radius 2 is 1.77 bits per heavy atom. The Labute approximate surface area is 151 Å². The summed E-state index contributed by atoms with van der Waals surface area (Å²) in [6.07, 6.45) is 1.56. The molecule has 0 spiro atoms. The van der Waals surface area contributed by atoms with Crippen molar-refractivity contribution >= 4 is 17.6 Å². The van der Waals surface area contributed by atoms with E-state index < -0.39 is 0 Å². The van der Waals surface area contributed by atoms with Crippen LogP contribution in [0.25, 0.3) is 0 Å². The Morgan fingerprint density at radius 3 is 2.42 bits per heavy atom. The van der Waals surface area contributed by atoms with E-state index in [4.69, 9.17) is 4.74 Å². The van der Waals surface area contributed by atoms with Gasteiger partial charge in [-0.25, -0.2) is 4.90 Å². The summed E-state index contributed by atoms with van der Waals surface area (Å²) < 4.78 is 7.64. The number of hydrogen-bond donors (Lipinski definition) is 0. The van der Waals surface area contributed by atoms with Crippen LogP contribution in [0.15, 0.2) is 30.3 Å². The molecule has 3 saturated heterocycles. The number of carbonyl (C=O) groups is 2. The van der Waals surface area contributed by atoms with Gasteiger partial charge in [-0.05, 0) is 32.3 Å². The SMILES string of the molecule is Cc1cccc(Cn2nc(N3C(=O)[C@@H]4[C@@H](C3=O)[C@H]3CC[C@H]4O3)cc2C)c1. The van der Waals surface area contributed by atoms with Gasteiger partial charge >= 0.3 is 0 Å². The molecule has 0 N–H and O–H groups in total. The lowest BCUT2D eigenvalue weighted by Gasteiger charge is -2.15. The molecule has 5 rings (SSSR count). The fourth-order valence-electron chi connectivity index (χ4n) is 4.68. The highest BCUT2D eigenvalue weighted by atomic mass is 16.5. The molecule has 3 fully saturated rings. The normalized spacial score (nSPS) is 29.7. The summed E-state index contributed by atoms with van der Waals surface area (Å²) in [5.41, 5.74) is 3.27. The van der Waals surface area contributed by atoms with Crippen LogP contribution in [0, 0.1) is 25.7 Å². The first-order chi connectivity index (χ1) is 12.5. The predicted molar refractivity (Wildman–Crippen MR) is 94.6 cm³/mol. The van der Waals surface area contributed by atoms with Gasteiger partial charge in [0.15, 0.2) is 5.82 Å². The number of fused-ring (bicyclic) bond motifs is 5. The first-order valence-corrected chi connectivity index (χ1v) is 9.16. The Kier molecular flexibility index (Phi) is 3.34. The molecule has 2 bridgehead atoms. The summed E-state index contributed by atoms with van der Waals surface area (Å²) in [5, 5.41) is 4.58. The van der Waals surface area contributed by atoms with E-state index in [1.54, 1.807) is 0 Å². The molecule has 1 aromatic carbocycles. The molecule has 3 aliphatic heterocycles. The number of amides is 2. The summed E-state index contributed by atoms with van der Waals surface area (Å²) in [6.45, 7) is 4.62. The number of rotatable bonds is 3. The van der Waals surface area contributed by atoms with Crippen molar-refractivity contribution in [2.24, 2.45) is 11.8 Å². The lowest BCUT2D eigenvalue weighted by Crippen LogP contribution is -2.34. The number of ether oxygens (including phenoxy) is 1. The van der Waals surface area contributed by atoms with Crippen LogP contribution < -0.4 is 4.90 Å². The number of aromatic nitrogens is 2. The Morgan fingerprint density at radius 1 is 1.08 bits per heavy atom. The Balaban J connectivity index is 1.44. The van der Waals surface area contributed by atoms with E-state index in [2.05, 4.69) is 30.2 Å². The highest BCUT2D eigenvalue weighted by Gasteiger charge is 2.63. The summed E-state index contributed by atoms with van der Waals surface area (Å²) in [6, 6.07) is 10.1. The first kappa shape index (κ1) is 15.8. The smallest absolute Gasteiger partial charge is 0.241 e. The van der Waals surface area contributed by atoms with Crippen molar-refractivity contribution in [2.75, 3.05) is 4.90 Å². The second-order valence-electron chi connectivity index (χ2n) is 7.64. The van der Waals surface area contributed by atoms with Crippen LogP contribution in [0.3, 0.4) is 0 Å². The van der Waals surface area contributed by atoms with Crippen LogP contribution >= 0.6 is 0 Å². The van der Waals surface area contributed by atoms with Crippen LogP contribution in [0.5, 0.6) is 0 Å². The van der Waals surface area contributed by atoms with Gasteiger partial charge in [0.1, 0.15) is 0 Å². The van der Waals surface area contributed by atoms with E-state index in [1.165, 1.54) is 10.5 Å². The molecular weight excluding hydrogens is 330 g/mol. The molecule has 4 atom stereocenters. The van der Waals surface area contributed by atoms with E-state index in [1.807, 2.05) is 23.7 Å². The van der Waals surface area contributed by atoms with E-state index in [9.17, 15) is 9.59 Å². The number of hydrogen-bond acceptors (Lipinski definition) is 4. The van der Waals surface area contributed by atoms with Crippen molar-refractivity contribution < 1.29 is 14.3 Å². The molecule has 0 radical (unpaired) electrons. The summed E-state index contributed by atoms with van der Waals surface area (Å²) in [7, 11) is 0. The van der Waals surface area contributed by atoms with E-state index in [-0.39, 0.29) is 35.9 Å². The lowest BCUT2D eigenvalue weighted by atomic mass is 9.81. The lowest BCUT2D eigenvalue weighted by molar-refractivity contribution is -0.124. The number of aryl methyl sites for hydroxylation is 2. The molecule has 6 heteroatoms. The second kappa shape index (κ2) is 5.51. The topological polar surface area (TPSA) is 64.4 Å². The summed E-state index contributed by atoms with van der Waals surface area (Å²) in [4.78, 5) is 27.1. The molecule has 0 aliphatic carbocycles. The zero-order valence-corrected chi connectivity index (χ0v) is 14.9. The highest BCUT2D eigenvalue weighted by Crippen LogP contribution is 2.49. The van der Waals surface area contributed by atoms with Gasteiger partial charge in [-0.15, -0.1) is 0 Å². The van der Waals surface area contributed by atoms with Gasteiger partial charge in [-0.3, -0.25) is 14.3 Å². The molecular formula is C20H21N3O3. The highest BCUT2D eigenvalue weighted by molar-refractivity contribution is 6.22. The summed E-state index contributed by atoms with van der Waals surface area (Å²) in [5.74, 6) is -0.481. The van der Waals surface area contributed by atoms with E-state index >= 15 is 0 Å². The Hall–Kier alpha value is -2.47. The second-order valence-corrected chi connectivity index (χ2v) is 7.64. The van der Waals surface area contributed by atoms with Gasteiger partial charge in [-0.2, -0.15) is 5.10 Å². The van der Waals surface area contributed by atoms with Crippen LogP contribution in [-0.4, -0.2) is 33.8 Å². The molecule has 2 aromatic rings. The third-order valence-electron chi connectivity index (χ3n) is 5.90. The number of carbonyl (C=O) groups excluding carboxylic acids is 2. The summed E-state index contributed by atoms with van der Waals surface area (Å²) >= 11 is 0. The predicted octanol–water partition coefficient (Wildman–Crippen LogP) is 2.22. The van der Waals surface area contributed by atoms with Crippen LogP contribution in [0.2, 0.25) is 0 Å². The van der Waals surface area contributed by atoms with Gasteiger partial charge in [-0.1, -0.05) is 29.8 Å². The minimum absolute atomic E-state index is 0.0954. The van der Waals surface area contributed by atoms with E-state index in [0.29, 0.717) is 12.4 Å². The zero-order chi connectivity index (χ0) is 18.0. The molecule has 6 nitrogen and oxygen atoms in total. The van der Waals surface area contributed by atoms with E-state index in [0.717, 1.165) is 24.1 Å². The van der Waals surface area contributed by atoms with Crippen LogP contribution in [0.4, 0.5) is 5.82 Å². The maximum atomic E-state index is 12.9. The van der Waals surface area contributed by atoms with Crippen molar-refractivity contribution in [1.82, 2.24) is 9.78 Å². The van der Waals surface area contributed by atoms with Gasteiger partial charge in [0.05, 0.1) is 30.6 Å². The maximum absolute atomic E-state index is 12.9. The molecule has 134 valence electrons. The van der Waals surface area contributed by atoms with Gasteiger partial charge in [0.25, 0.3) is 0 Å². The van der Waals surface area contributed by atoms with Crippen molar-refractivity contribution in [1.29, 1.82) is 0 Å². The molecule has 26 heavy (non-hydrogen) atoms. The van der Waals surface area contributed by atoms with Crippen molar-refractivity contribution in [3.05, 3.63) is 47.2 Å². The van der Waals surface area contributed by atoms with Gasteiger partial charge < -0.3 is 4.74 Å². The number of imide groups is 1. The fraction of sp³-hybridized carbons (Fsp3) is 0.450. The first-order valence-electron chi connectivity index (χ1n) is 9.16. The minimum atomic E-state index is -0.316. The zero-order valence-electron chi connectivity index (χ0n) is 14.9. The van der Waals surface area contributed by atoms with Gasteiger partial charge in [0.2, 0.25) is 11.8 Å². The largest absolute Gasteiger partial charge is 0.373 e. The number of benzene rings is 1. The average Bonchev–Trinajstić information content (AvgIpc) is 3.33. The van der Waals surface area contributed by atoms with Crippen molar-refractivity contribution in [2.45, 2.75) is 45.4 Å². The number of nitrogens with zero attached hydrogens (tertiary/aromatic N) is 3. The molecule has 3 aliphatic rings. The van der Waals surface area contributed by atoms with Crippen LogP contribution in [-0.2, 0) is 20.9 Å². The third kappa shape index (κ3) is 2.18. The average molecular weight is 351 g/mol. The molecule has 0 saturated carbocycles. The number of anilines is 1. The minimum Gasteiger partial charge on any atom is -0.373 e. The quantitative estimate of drug-likeness (QED) is 0.796. The maximum Gasteiger partial charge on any atom is 0.241 e. The van der Waals surface area contributed by atoms with Crippen LogP contribution in [0.1, 0.15) is 29.7 Å². The van der Waals surface area contributed by atoms with Crippen molar-refractivity contribution in [3.63, 3.8) is 0 Å². The van der Waals surface area contributed by atoms with Crippen molar-refractivity contribution in [3.8, 4) is 0 Å². The molecule has 1 aromatic heterocycles. The molecule has 0 unspecified atom stereocenters. The standard InChI is InChI=1S/C20H21N3O3/c1-11-4-3-5-13(8-11)10-22-12(2)9-16(21-22)23-19(24)17-14-6-7-15(26-14)18(17)20(23)25/h3-5,8-9,14-15,17-18H,6-7,10H2,1-2H3/t14-,15-,17+,18+/m1/s1. The third-order valence-corrected chi connectivity index (χ3v) is 5.90. The monoisotopic (exact) mass is 351 g/mol.